The van der Waals surface area contributed by atoms with E-state index in [-0.39, 0.29) is 25.7 Å². The molecule has 1 amide bonds. The number of halogens is 1. The van der Waals surface area contributed by atoms with Crippen molar-refractivity contribution in [3.05, 3.63) is 29.8 Å². The summed E-state index contributed by atoms with van der Waals surface area (Å²) in [5.41, 5.74) is 0.392. The fourth-order valence-electron chi connectivity index (χ4n) is 1.27. The predicted molar refractivity (Wildman–Crippen MR) is 68.5 cm³/mol. The van der Waals surface area contributed by atoms with Gasteiger partial charge >= 0.3 is 120 Å². The fraction of sp³-hybridized carbons (Fsp3) is 0.333. The van der Waals surface area contributed by atoms with E-state index in [1.54, 1.807) is 24.3 Å². The Kier molecular flexibility index (Phi) is 7.11. The van der Waals surface area contributed by atoms with E-state index in [1.165, 1.54) is 6.92 Å². The van der Waals surface area contributed by atoms with E-state index < -0.39 is 5.97 Å². The summed E-state index contributed by atoms with van der Waals surface area (Å²) in [6.45, 7) is 1.95. The van der Waals surface area contributed by atoms with Crippen LogP contribution in [-0.2, 0) is 4.79 Å². The van der Waals surface area contributed by atoms with Gasteiger partial charge in [0.05, 0.1) is 0 Å². The van der Waals surface area contributed by atoms with Crippen LogP contribution in [0.15, 0.2) is 24.3 Å². The van der Waals surface area contributed by atoms with Crippen molar-refractivity contribution in [2.45, 2.75) is 6.92 Å². The van der Waals surface area contributed by atoms with E-state index in [2.05, 4.69) is 10.2 Å². The van der Waals surface area contributed by atoms with Crippen LogP contribution < -0.4 is 29.9 Å². The summed E-state index contributed by atoms with van der Waals surface area (Å²) in [6, 6.07) is 6.73. The number of para-hydroxylation sites is 1. The Morgan fingerprint density at radius 2 is 2.11 bits per heavy atom. The average Bonchev–Trinajstić information content (AvgIpc) is 2.34. The molecule has 0 atom stereocenters. The van der Waals surface area contributed by atoms with E-state index in [4.69, 9.17) is 4.74 Å². The molecule has 18 heavy (non-hydrogen) atoms. The van der Waals surface area contributed by atoms with Gasteiger partial charge in [0.2, 0.25) is 0 Å². The molecule has 0 unspecified atom stereocenters. The number of hydrogen-bond donors (Lipinski definition) is 1. The van der Waals surface area contributed by atoms with E-state index in [1.807, 2.05) is 8.93 Å². The Bertz CT molecular complexity index is 426. The minimum absolute atomic E-state index is 0.197. The molecule has 1 aromatic rings. The van der Waals surface area contributed by atoms with Crippen LogP contribution in [0.3, 0.4) is 0 Å². The number of rotatable bonds is 6. The SMILES string of the molecule is C[I-]SCCNC(=O)c1ccccc1OC(C)=O. The van der Waals surface area contributed by atoms with Crippen LogP contribution in [0.5, 0.6) is 5.75 Å². The molecule has 0 saturated heterocycles. The molecule has 0 spiro atoms. The molecule has 0 bridgehead atoms. The molecule has 0 saturated carbocycles. The monoisotopic (exact) mass is 380 g/mol. The summed E-state index contributed by atoms with van der Waals surface area (Å²) in [5.74, 6) is 0.590. The van der Waals surface area contributed by atoms with Gasteiger partial charge in [-0.05, 0) is 0 Å². The number of ether oxygens (including phenoxy) is 1. The Balaban J connectivity index is 2.63. The molecule has 1 aromatic carbocycles. The first-order chi connectivity index (χ1) is 8.65. The molecule has 0 aliphatic rings. The summed E-state index contributed by atoms with van der Waals surface area (Å²) in [5, 5.41) is 2.81. The quantitative estimate of drug-likeness (QED) is 0.219. The van der Waals surface area contributed by atoms with Crippen LogP contribution >= 0.6 is 8.93 Å². The molecule has 0 aliphatic carbocycles. The maximum atomic E-state index is 11.9. The molecule has 1 rings (SSSR count). The molecular formula is C12H15INO3S-. The van der Waals surface area contributed by atoms with E-state index in [9.17, 15) is 9.59 Å². The number of esters is 1. The van der Waals surface area contributed by atoms with Gasteiger partial charge in [-0.15, -0.1) is 0 Å². The first-order valence-corrected chi connectivity index (χ1v) is 11.0. The molecule has 0 aromatic heterocycles. The zero-order valence-corrected chi connectivity index (χ0v) is 13.2. The molecule has 100 valence electrons. The molecule has 0 heterocycles. The van der Waals surface area contributed by atoms with E-state index >= 15 is 0 Å². The predicted octanol–water partition coefficient (Wildman–Crippen LogP) is -1.29. The number of carbonyl (C=O) groups excluding carboxylic acids is 2. The summed E-state index contributed by atoms with van der Waals surface area (Å²) in [4.78, 5) is 25.0. The Labute approximate surface area is 120 Å². The number of amides is 1. The van der Waals surface area contributed by atoms with Crippen molar-refractivity contribution in [1.82, 2.24) is 5.32 Å². The molecular weight excluding hydrogens is 365 g/mol. The van der Waals surface area contributed by atoms with Crippen molar-refractivity contribution in [2.24, 2.45) is 0 Å². The van der Waals surface area contributed by atoms with Gasteiger partial charge in [0, 0.05) is 0 Å². The van der Waals surface area contributed by atoms with Crippen LogP contribution in [0.1, 0.15) is 17.3 Å². The topological polar surface area (TPSA) is 55.4 Å². The number of nitrogens with one attached hydrogen (secondary N) is 1. The van der Waals surface area contributed by atoms with Gasteiger partial charge in [0.15, 0.2) is 0 Å². The summed E-state index contributed by atoms with van der Waals surface area (Å²) >= 11 is 0.197. The van der Waals surface area contributed by atoms with Crippen molar-refractivity contribution in [1.29, 1.82) is 0 Å². The third kappa shape index (κ3) is 5.26. The van der Waals surface area contributed by atoms with Crippen molar-refractivity contribution >= 4 is 20.8 Å². The van der Waals surface area contributed by atoms with Crippen molar-refractivity contribution in [3.63, 3.8) is 0 Å². The van der Waals surface area contributed by atoms with E-state index in [0.29, 0.717) is 17.9 Å². The Morgan fingerprint density at radius 1 is 1.39 bits per heavy atom. The molecule has 0 radical (unpaired) electrons. The van der Waals surface area contributed by atoms with Gasteiger partial charge in [0.1, 0.15) is 0 Å². The summed E-state index contributed by atoms with van der Waals surface area (Å²) in [6.07, 6.45) is 0. The van der Waals surface area contributed by atoms with Crippen molar-refractivity contribution in [3.8, 4) is 5.75 Å². The second kappa shape index (κ2) is 8.36. The third-order valence-electron chi connectivity index (χ3n) is 1.96. The molecule has 0 fully saturated rings. The molecule has 6 heteroatoms. The number of benzene rings is 1. The zero-order chi connectivity index (χ0) is 13.4. The maximum absolute atomic E-state index is 11.9. The van der Waals surface area contributed by atoms with Crippen LogP contribution in [0.2, 0.25) is 0 Å². The Hall–Kier alpha value is -0.760. The number of carbonyl (C=O) groups is 2. The van der Waals surface area contributed by atoms with Gasteiger partial charge < -0.3 is 0 Å². The first kappa shape index (κ1) is 15.3. The molecule has 1 N–H and O–H groups in total. The molecule has 4 nitrogen and oxygen atoms in total. The number of alkyl halides is 1. The standard InChI is InChI=1S/C12H15INO3S/c1-9(15)17-11-6-4-3-5-10(11)12(16)14-7-8-18-13-2/h3-6H,7-8H2,1-2H3,(H,14,16)/q-1. The minimum atomic E-state index is -0.429. The average molecular weight is 380 g/mol. The van der Waals surface area contributed by atoms with Crippen LogP contribution in [0.4, 0.5) is 0 Å². The third-order valence-corrected chi connectivity index (χ3v) is 5.73. The van der Waals surface area contributed by atoms with Gasteiger partial charge in [0.25, 0.3) is 0 Å². The Morgan fingerprint density at radius 3 is 2.78 bits per heavy atom. The van der Waals surface area contributed by atoms with Crippen molar-refractivity contribution in [2.75, 3.05) is 17.2 Å². The second-order valence-corrected chi connectivity index (χ2v) is 8.76. The van der Waals surface area contributed by atoms with Crippen LogP contribution in [-0.4, -0.2) is 29.1 Å². The second-order valence-electron chi connectivity index (χ2n) is 3.31. The van der Waals surface area contributed by atoms with Gasteiger partial charge in [-0.2, -0.15) is 0 Å². The van der Waals surface area contributed by atoms with Crippen LogP contribution in [0.25, 0.3) is 0 Å². The zero-order valence-electron chi connectivity index (χ0n) is 10.2. The summed E-state index contributed by atoms with van der Waals surface area (Å²) in [7, 11) is 1.87. The summed E-state index contributed by atoms with van der Waals surface area (Å²) < 4.78 is 4.99. The van der Waals surface area contributed by atoms with Crippen molar-refractivity contribution < 1.29 is 34.1 Å². The van der Waals surface area contributed by atoms with Crippen LogP contribution in [0, 0.1) is 0 Å². The number of hydrogen-bond acceptors (Lipinski definition) is 4. The normalized spacial score (nSPS) is 10.1. The van der Waals surface area contributed by atoms with Gasteiger partial charge in [-0.1, -0.05) is 0 Å². The first-order valence-electron chi connectivity index (χ1n) is 5.32. The van der Waals surface area contributed by atoms with E-state index in [0.717, 1.165) is 5.75 Å². The fourth-order valence-corrected chi connectivity index (χ4v) is 3.59. The van der Waals surface area contributed by atoms with Gasteiger partial charge in [-0.25, -0.2) is 0 Å². The van der Waals surface area contributed by atoms with Gasteiger partial charge in [-0.3, -0.25) is 0 Å². The molecule has 0 aliphatic heterocycles.